The van der Waals surface area contributed by atoms with E-state index >= 15 is 0 Å². The van der Waals surface area contributed by atoms with Crippen molar-refractivity contribution in [1.82, 2.24) is 9.97 Å². The molecule has 1 aliphatic heterocycles. The molecule has 5 nitrogen and oxygen atoms in total. The van der Waals surface area contributed by atoms with Crippen molar-refractivity contribution >= 4 is 23.4 Å². The van der Waals surface area contributed by atoms with Crippen LogP contribution in [0.2, 0.25) is 5.02 Å². The molecular formula is C18H23ClN4O. The number of benzene rings is 1. The molecule has 128 valence electrons. The number of halogens is 1. The van der Waals surface area contributed by atoms with Gasteiger partial charge in [-0.3, -0.25) is 0 Å². The molecule has 2 aromatic rings. The highest BCUT2D eigenvalue weighted by Crippen LogP contribution is 2.38. The lowest BCUT2D eigenvalue weighted by Crippen LogP contribution is -2.30. The second kappa shape index (κ2) is 7.26. The van der Waals surface area contributed by atoms with Crippen LogP contribution in [0.1, 0.15) is 43.0 Å². The largest absolute Gasteiger partial charge is 0.496 e. The average molecular weight is 347 g/mol. The molecule has 24 heavy (non-hydrogen) atoms. The second-order valence-corrected chi connectivity index (χ2v) is 6.61. The predicted molar refractivity (Wildman–Crippen MR) is 97.7 cm³/mol. The molecule has 1 saturated heterocycles. The predicted octanol–water partition coefficient (Wildman–Crippen LogP) is 4.15. The first-order valence-electron chi connectivity index (χ1n) is 8.29. The van der Waals surface area contributed by atoms with Crippen molar-refractivity contribution in [3.8, 4) is 5.75 Å². The molecule has 1 fully saturated rings. The summed E-state index contributed by atoms with van der Waals surface area (Å²) in [4.78, 5) is 11.0. The fourth-order valence-corrected chi connectivity index (χ4v) is 3.55. The minimum Gasteiger partial charge on any atom is -0.496 e. The minimum atomic E-state index is 0.188. The van der Waals surface area contributed by atoms with Crippen LogP contribution in [0.5, 0.6) is 5.75 Å². The molecule has 1 aromatic carbocycles. The molecule has 2 N–H and O–H groups in total. The smallest absolute Gasteiger partial charge is 0.222 e. The molecular weight excluding hydrogens is 324 g/mol. The SMILES string of the molecule is COc1cc(Cl)ccc1C1CCCCCN1c1cc(C)nc(N)n1. The number of nitrogen functional groups attached to an aromatic ring is 1. The molecule has 1 aromatic heterocycles. The van der Waals surface area contributed by atoms with Crippen LogP contribution in [-0.2, 0) is 0 Å². The summed E-state index contributed by atoms with van der Waals surface area (Å²) in [5.74, 6) is 2.01. The van der Waals surface area contributed by atoms with E-state index in [1.54, 1.807) is 7.11 Å². The lowest BCUT2D eigenvalue weighted by atomic mass is 9.99. The van der Waals surface area contributed by atoms with E-state index in [9.17, 15) is 0 Å². The van der Waals surface area contributed by atoms with Crippen LogP contribution >= 0.6 is 11.6 Å². The number of methoxy groups -OCH3 is 1. The number of hydrogen-bond acceptors (Lipinski definition) is 5. The van der Waals surface area contributed by atoms with E-state index in [0.29, 0.717) is 11.0 Å². The molecule has 1 aliphatic rings. The van der Waals surface area contributed by atoms with E-state index in [0.717, 1.165) is 42.2 Å². The van der Waals surface area contributed by atoms with Crippen LogP contribution in [0.15, 0.2) is 24.3 Å². The van der Waals surface area contributed by atoms with Gasteiger partial charge < -0.3 is 15.4 Å². The topological polar surface area (TPSA) is 64.3 Å². The first-order chi connectivity index (χ1) is 11.6. The summed E-state index contributed by atoms with van der Waals surface area (Å²) in [6.07, 6.45) is 4.56. The molecule has 6 heteroatoms. The van der Waals surface area contributed by atoms with Gasteiger partial charge in [-0.25, -0.2) is 4.98 Å². The molecule has 0 bridgehead atoms. The monoisotopic (exact) mass is 346 g/mol. The number of aryl methyl sites for hydroxylation is 1. The van der Waals surface area contributed by atoms with E-state index in [-0.39, 0.29) is 6.04 Å². The van der Waals surface area contributed by atoms with Gasteiger partial charge in [-0.05, 0) is 31.9 Å². The van der Waals surface area contributed by atoms with Crippen LogP contribution in [0.4, 0.5) is 11.8 Å². The number of anilines is 2. The number of nitrogens with two attached hydrogens (primary N) is 1. The minimum absolute atomic E-state index is 0.188. The standard InChI is InChI=1S/C18H23ClN4O/c1-12-10-17(22-18(20)21-12)23-9-5-3-4-6-15(23)14-8-7-13(19)11-16(14)24-2/h7-8,10-11,15H,3-6,9H2,1-2H3,(H2,20,21,22). The van der Waals surface area contributed by atoms with Crippen LogP contribution in [0.3, 0.4) is 0 Å². The fraction of sp³-hybridized carbons (Fsp3) is 0.444. The maximum absolute atomic E-state index is 6.13. The van der Waals surface area contributed by atoms with Gasteiger partial charge in [0.15, 0.2) is 0 Å². The summed E-state index contributed by atoms with van der Waals surface area (Å²) < 4.78 is 5.58. The molecule has 0 amide bonds. The van der Waals surface area contributed by atoms with Gasteiger partial charge in [-0.1, -0.05) is 30.5 Å². The van der Waals surface area contributed by atoms with Crippen molar-refractivity contribution < 1.29 is 4.74 Å². The summed E-state index contributed by atoms with van der Waals surface area (Å²) in [6.45, 7) is 2.88. The summed E-state index contributed by atoms with van der Waals surface area (Å²) >= 11 is 6.13. The van der Waals surface area contributed by atoms with Crippen LogP contribution in [0, 0.1) is 6.92 Å². The summed E-state index contributed by atoms with van der Waals surface area (Å²) in [6, 6.07) is 8.04. The molecule has 1 unspecified atom stereocenters. The molecule has 0 aliphatic carbocycles. The Morgan fingerprint density at radius 3 is 2.79 bits per heavy atom. The quantitative estimate of drug-likeness (QED) is 0.904. The van der Waals surface area contributed by atoms with Gasteiger partial charge >= 0.3 is 0 Å². The molecule has 0 radical (unpaired) electrons. The van der Waals surface area contributed by atoms with Gasteiger partial charge in [0.05, 0.1) is 13.2 Å². The molecule has 0 saturated carbocycles. The highest BCUT2D eigenvalue weighted by atomic mass is 35.5. The van der Waals surface area contributed by atoms with Gasteiger partial charge in [0, 0.05) is 28.9 Å². The number of rotatable bonds is 3. The highest BCUT2D eigenvalue weighted by Gasteiger charge is 2.27. The zero-order valence-corrected chi connectivity index (χ0v) is 14.9. The lowest BCUT2D eigenvalue weighted by Gasteiger charge is -2.32. The lowest BCUT2D eigenvalue weighted by molar-refractivity contribution is 0.402. The van der Waals surface area contributed by atoms with E-state index in [1.165, 1.54) is 12.8 Å². The summed E-state index contributed by atoms with van der Waals surface area (Å²) in [5, 5.41) is 0.679. The highest BCUT2D eigenvalue weighted by molar-refractivity contribution is 6.30. The van der Waals surface area contributed by atoms with Crippen LogP contribution in [-0.4, -0.2) is 23.6 Å². The van der Waals surface area contributed by atoms with Gasteiger partial charge in [-0.2, -0.15) is 4.98 Å². The van der Waals surface area contributed by atoms with Gasteiger partial charge in [-0.15, -0.1) is 0 Å². The Labute approximate surface area is 147 Å². The molecule has 1 atom stereocenters. The Morgan fingerprint density at radius 1 is 1.21 bits per heavy atom. The summed E-state index contributed by atoms with van der Waals surface area (Å²) in [7, 11) is 1.68. The van der Waals surface area contributed by atoms with Crippen molar-refractivity contribution in [2.24, 2.45) is 0 Å². The summed E-state index contributed by atoms with van der Waals surface area (Å²) in [5.41, 5.74) is 7.89. The second-order valence-electron chi connectivity index (χ2n) is 6.17. The molecule has 0 spiro atoms. The Kier molecular flexibility index (Phi) is 5.09. The van der Waals surface area contributed by atoms with Crippen molar-refractivity contribution in [3.05, 3.63) is 40.5 Å². The number of hydrogen-bond donors (Lipinski definition) is 1. The van der Waals surface area contributed by atoms with Crippen molar-refractivity contribution in [2.75, 3.05) is 24.3 Å². The Bertz CT molecular complexity index is 702. The van der Waals surface area contributed by atoms with Gasteiger partial charge in [0.25, 0.3) is 0 Å². The van der Waals surface area contributed by atoms with Gasteiger partial charge in [0.1, 0.15) is 11.6 Å². The zero-order valence-electron chi connectivity index (χ0n) is 14.1. The van der Waals surface area contributed by atoms with E-state index < -0.39 is 0 Å². The normalized spacial score (nSPS) is 18.3. The maximum atomic E-state index is 6.13. The maximum Gasteiger partial charge on any atom is 0.222 e. The Hall–Kier alpha value is -2.01. The Balaban J connectivity index is 2.05. The van der Waals surface area contributed by atoms with E-state index in [1.807, 2.05) is 25.1 Å². The Morgan fingerprint density at radius 2 is 2.04 bits per heavy atom. The number of nitrogens with zero attached hydrogens (tertiary/aromatic N) is 3. The first kappa shape index (κ1) is 16.8. The number of ether oxygens (including phenoxy) is 1. The third-order valence-corrected chi connectivity index (χ3v) is 4.69. The molecule has 2 heterocycles. The zero-order chi connectivity index (χ0) is 17.1. The van der Waals surface area contributed by atoms with Crippen LogP contribution < -0.4 is 15.4 Å². The average Bonchev–Trinajstić information content (AvgIpc) is 2.79. The first-order valence-corrected chi connectivity index (χ1v) is 8.67. The third-order valence-electron chi connectivity index (χ3n) is 4.46. The van der Waals surface area contributed by atoms with Crippen molar-refractivity contribution in [1.29, 1.82) is 0 Å². The van der Waals surface area contributed by atoms with Crippen LogP contribution in [0.25, 0.3) is 0 Å². The van der Waals surface area contributed by atoms with Crippen molar-refractivity contribution in [3.63, 3.8) is 0 Å². The van der Waals surface area contributed by atoms with E-state index in [2.05, 4.69) is 20.9 Å². The molecule has 3 rings (SSSR count). The third kappa shape index (κ3) is 3.56. The number of aromatic nitrogens is 2. The fourth-order valence-electron chi connectivity index (χ4n) is 3.39. The van der Waals surface area contributed by atoms with Crippen molar-refractivity contribution in [2.45, 2.75) is 38.6 Å². The van der Waals surface area contributed by atoms with Gasteiger partial charge in [0.2, 0.25) is 5.95 Å². The van der Waals surface area contributed by atoms with E-state index in [4.69, 9.17) is 22.1 Å².